The molecule has 222 valence electrons. The molecule has 0 saturated carbocycles. The zero-order valence-electron chi connectivity index (χ0n) is 23.8. The minimum atomic E-state index is -0.452. The van der Waals surface area contributed by atoms with Crippen LogP contribution in [-0.2, 0) is 9.53 Å². The molecule has 0 bridgehead atoms. The lowest BCUT2D eigenvalue weighted by Gasteiger charge is -2.31. The van der Waals surface area contributed by atoms with Crippen LogP contribution in [0.4, 0.5) is 11.4 Å². The Hall–Kier alpha value is -4.83. The molecular weight excluding hydrogens is 572 g/mol. The van der Waals surface area contributed by atoms with E-state index in [4.69, 9.17) is 25.8 Å². The Morgan fingerprint density at radius 2 is 1.70 bits per heavy atom. The van der Waals surface area contributed by atoms with Crippen molar-refractivity contribution < 1.29 is 23.8 Å². The van der Waals surface area contributed by atoms with Gasteiger partial charge in [0.05, 0.1) is 31.5 Å². The number of ether oxygens (including phenoxy) is 3. The molecule has 10 nitrogen and oxygen atoms in total. The summed E-state index contributed by atoms with van der Waals surface area (Å²) in [6.45, 7) is 2.98. The van der Waals surface area contributed by atoms with Crippen LogP contribution in [0.5, 0.6) is 17.2 Å². The number of anilines is 2. The van der Waals surface area contributed by atoms with Gasteiger partial charge in [-0.05, 0) is 92.6 Å². The third-order valence-electron chi connectivity index (χ3n) is 7.03. The zero-order chi connectivity index (χ0) is 30.3. The normalized spacial score (nSPS) is 14.6. The Balaban J connectivity index is 1.40. The molecule has 1 amide bonds. The van der Waals surface area contributed by atoms with Gasteiger partial charge in [-0.3, -0.25) is 14.4 Å². The molecule has 11 heteroatoms. The highest BCUT2D eigenvalue weighted by Gasteiger charge is 2.29. The third-order valence-corrected chi connectivity index (χ3v) is 7.28. The van der Waals surface area contributed by atoms with Crippen molar-refractivity contribution in [3.05, 3.63) is 99.9 Å². The Labute approximate surface area is 253 Å². The standard InChI is InChI=1S/C32H31ClN4O6/c1-3-42-32(40)22-5-4-18-36(20-22)30(38)21-6-10-24(11-7-21)35-29-28(43-27-16-14-26(41-2)15-17-27)19-34-37(31(29)39)25-12-8-23(33)9-13-25/h6-17,19,22,35H,3-5,18,20H2,1-2H3/t22-/m0/s1. The molecule has 5 rings (SSSR count). The maximum Gasteiger partial charge on any atom is 0.310 e. The van der Waals surface area contributed by atoms with Crippen LogP contribution in [0.1, 0.15) is 30.1 Å². The number of piperidine rings is 1. The Bertz CT molecular complexity index is 1640. The number of carbonyl (C=O) groups excluding carboxylic acids is 2. The Morgan fingerprint density at radius 1 is 1.00 bits per heavy atom. The molecule has 43 heavy (non-hydrogen) atoms. The largest absolute Gasteiger partial charge is 0.497 e. The number of likely N-dealkylation sites (tertiary alicyclic amines) is 1. The number of esters is 1. The average molecular weight is 603 g/mol. The van der Waals surface area contributed by atoms with Crippen LogP contribution in [0.15, 0.2) is 83.8 Å². The molecule has 1 atom stereocenters. The van der Waals surface area contributed by atoms with Crippen molar-refractivity contribution in [1.29, 1.82) is 0 Å². The van der Waals surface area contributed by atoms with Crippen molar-refractivity contribution in [2.24, 2.45) is 5.92 Å². The maximum absolute atomic E-state index is 13.7. The number of aromatic nitrogens is 2. The molecule has 1 saturated heterocycles. The van der Waals surface area contributed by atoms with Gasteiger partial charge in [-0.1, -0.05) is 11.6 Å². The predicted octanol–water partition coefficient (Wildman–Crippen LogP) is 5.85. The first kappa shape index (κ1) is 29.7. The first-order valence-corrected chi connectivity index (χ1v) is 14.3. The number of carbonyl (C=O) groups is 2. The van der Waals surface area contributed by atoms with Gasteiger partial charge in [-0.25, -0.2) is 0 Å². The second kappa shape index (κ2) is 13.4. The highest BCUT2D eigenvalue weighted by atomic mass is 35.5. The number of nitrogens with zero attached hydrogens (tertiary/aromatic N) is 3. The molecular formula is C32H31ClN4O6. The van der Waals surface area contributed by atoms with Gasteiger partial charge in [-0.2, -0.15) is 9.78 Å². The van der Waals surface area contributed by atoms with Crippen LogP contribution < -0.4 is 20.3 Å². The number of methoxy groups -OCH3 is 1. The van der Waals surface area contributed by atoms with E-state index >= 15 is 0 Å². The van der Waals surface area contributed by atoms with E-state index in [0.717, 1.165) is 6.42 Å². The number of hydrogen-bond donors (Lipinski definition) is 1. The van der Waals surface area contributed by atoms with Crippen molar-refractivity contribution in [2.75, 3.05) is 32.1 Å². The maximum atomic E-state index is 13.7. The fraction of sp³-hybridized carbons (Fsp3) is 0.250. The molecule has 2 heterocycles. The van der Waals surface area contributed by atoms with Gasteiger partial charge in [0.2, 0.25) is 0 Å². The number of amides is 1. The molecule has 4 aromatic rings. The van der Waals surface area contributed by atoms with Gasteiger partial charge in [0.25, 0.3) is 11.5 Å². The first-order valence-electron chi connectivity index (χ1n) is 13.9. The van der Waals surface area contributed by atoms with Crippen molar-refractivity contribution in [1.82, 2.24) is 14.7 Å². The van der Waals surface area contributed by atoms with Crippen molar-refractivity contribution in [3.63, 3.8) is 0 Å². The molecule has 1 aliphatic rings. The fourth-order valence-corrected chi connectivity index (χ4v) is 4.93. The lowest BCUT2D eigenvalue weighted by molar-refractivity contribution is -0.149. The molecule has 3 aromatic carbocycles. The highest BCUT2D eigenvalue weighted by molar-refractivity contribution is 6.30. The van der Waals surface area contributed by atoms with Crippen LogP contribution >= 0.6 is 11.6 Å². The summed E-state index contributed by atoms with van der Waals surface area (Å²) in [5, 5.41) is 8.00. The molecule has 1 aliphatic heterocycles. The second-order valence-corrected chi connectivity index (χ2v) is 10.3. The van der Waals surface area contributed by atoms with Gasteiger partial charge in [0.1, 0.15) is 11.5 Å². The van der Waals surface area contributed by atoms with Crippen LogP contribution in [0.2, 0.25) is 5.02 Å². The number of halogens is 1. The second-order valence-electron chi connectivity index (χ2n) is 9.90. The van der Waals surface area contributed by atoms with Crippen molar-refractivity contribution in [3.8, 4) is 22.9 Å². The predicted molar refractivity (Wildman–Crippen MR) is 163 cm³/mol. The average Bonchev–Trinajstić information content (AvgIpc) is 3.04. The molecule has 1 N–H and O–H groups in total. The van der Waals surface area contributed by atoms with Crippen LogP contribution in [0.3, 0.4) is 0 Å². The number of hydrogen-bond acceptors (Lipinski definition) is 8. The zero-order valence-corrected chi connectivity index (χ0v) is 24.5. The van der Waals surface area contributed by atoms with Crippen LogP contribution in [0, 0.1) is 5.92 Å². The summed E-state index contributed by atoms with van der Waals surface area (Å²) in [7, 11) is 1.57. The Kier molecular flexibility index (Phi) is 9.26. The molecule has 0 aliphatic carbocycles. The van der Waals surface area contributed by atoms with Crippen molar-refractivity contribution >= 4 is 34.9 Å². The summed E-state index contributed by atoms with van der Waals surface area (Å²) in [4.78, 5) is 40.8. The smallest absolute Gasteiger partial charge is 0.310 e. The Morgan fingerprint density at radius 3 is 2.37 bits per heavy atom. The van der Waals surface area contributed by atoms with Gasteiger partial charge in [0.15, 0.2) is 11.4 Å². The number of rotatable bonds is 9. The summed E-state index contributed by atoms with van der Waals surface area (Å²) in [5.74, 6) is 0.596. The van der Waals surface area contributed by atoms with Crippen LogP contribution in [-0.4, -0.2) is 53.4 Å². The van der Waals surface area contributed by atoms with E-state index in [2.05, 4.69) is 10.4 Å². The van der Waals surface area contributed by atoms with Crippen LogP contribution in [0.25, 0.3) is 5.69 Å². The molecule has 1 aromatic heterocycles. The minimum absolute atomic E-state index is 0.146. The van der Waals surface area contributed by atoms with Gasteiger partial charge >= 0.3 is 5.97 Å². The van der Waals surface area contributed by atoms with E-state index in [0.29, 0.717) is 59.6 Å². The number of benzene rings is 3. The first-order chi connectivity index (χ1) is 20.9. The minimum Gasteiger partial charge on any atom is -0.497 e. The molecule has 0 radical (unpaired) electrons. The summed E-state index contributed by atoms with van der Waals surface area (Å²) in [6, 6.07) is 20.5. The highest BCUT2D eigenvalue weighted by Crippen LogP contribution is 2.30. The van der Waals surface area contributed by atoms with E-state index in [1.54, 1.807) is 91.7 Å². The van der Waals surface area contributed by atoms with E-state index < -0.39 is 5.56 Å². The topological polar surface area (TPSA) is 112 Å². The van der Waals surface area contributed by atoms with Crippen molar-refractivity contribution in [2.45, 2.75) is 19.8 Å². The lowest BCUT2D eigenvalue weighted by Crippen LogP contribution is -2.42. The lowest BCUT2D eigenvalue weighted by atomic mass is 9.97. The van der Waals surface area contributed by atoms with E-state index in [-0.39, 0.29) is 29.2 Å². The van der Waals surface area contributed by atoms with E-state index in [1.165, 1.54) is 10.9 Å². The summed E-state index contributed by atoms with van der Waals surface area (Å²) < 4.78 is 17.7. The third kappa shape index (κ3) is 6.98. The van der Waals surface area contributed by atoms with E-state index in [1.807, 2.05) is 0 Å². The fourth-order valence-electron chi connectivity index (χ4n) is 4.81. The molecule has 0 unspecified atom stereocenters. The summed E-state index contributed by atoms with van der Waals surface area (Å²) in [6.07, 6.45) is 2.89. The quantitative estimate of drug-likeness (QED) is 0.238. The SMILES string of the molecule is CCOC(=O)[C@H]1CCCN(C(=O)c2ccc(Nc3c(Oc4ccc(OC)cc4)cnn(-c4ccc(Cl)cc4)c3=O)cc2)C1. The summed E-state index contributed by atoms with van der Waals surface area (Å²) in [5.41, 5.74) is 1.25. The van der Waals surface area contributed by atoms with Gasteiger partial charge < -0.3 is 24.4 Å². The number of nitrogens with one attached hydrogen (secondary N) is 1. The molecule has 0 spiro atoms. The monoisotopic (exact) mass is 602 g/mol. The summed E-state index contributed by atoms with van der Waals surface area (Å²) >= 11 is 6.04. The van der Waals surface area contributed by atoms with E-state index in [9.17, 15) is 14.4 Å². The molecule has 1 fully saturated rings. The van der Waals surface area contributed by atoms with Gasteiger partial charge in [-0.15, -0.1) is 0 Å². The van der Waals surface area contributed by atoms with Gasteiger partial charge in [0, 0.05) is 29.4 Å².